The van der Waals surface area contributed by atoms with Gasteiger partial charge in [0.1, 0.15) is 0 Å². The number of hydrogen-bond donors (Lipinski definition) is 0. The molecule has 2 fully saturated rings. The van der Waals surface area contributed by atoms with Gasteiger partial charge in [-0.15, -0.1) is 11.6 Å². The Labute approximate surface area is 86.4 Å². The van der Waals surface area contributed by atoms with E-state index in [1.807, 2.05) is 0 Å². The molecule has 2 rings (SSSR count). The molecule has 13 heavy (non-hydrogen) atoms. The minimum Gasteiger partial charge on any atom is -0.122 e. The van der Waals surface area contributed by atoms with E-state index in [1.165, 1.54) is 31.3 Å². The van der Waals surface area contributed by atoms with Crippen LogP contribution in [-0.2, 0) is 0 Å². The van der Waals surface area contributed by atoms with E-state index in [0.717, 1.165) is 30.1 Å². The molecule has 0 aromatic carbocycles. The van der Waals surface area contributed by atoms with E-state index in [9.17, 15) is 0 Å². The van der Waals surface area contributed by atoms with Gasteiger partial charge in [0.15, 0.2) is 0 Å². The van der Waals surface area contributed by atoms with Gasteiger partial charge in [0, 0.05) is 5.88 Å². The van der Waals surface area contributed by atoms with Crippen molar-refractivity contribution in [3.63, 3.8) is 0 Å². The second-order valence-corrected chi connectivity index (χ2v) is 4.92. The molecule has 0 aromatic heterocycles. The van der Waals surface area contributed by atoms with Crippen molar-refractivity contribution in [1.29, 1.82) is 0 Å². The number of alkyl halides is 1. The van der Waals surface area contributed by atoms with Gasteiger partial charge >= 0.3 is 0 Å². The molecule has 0 nitrogen and oxygen atoms in total. The van der Waals surface area contributed by atoms with Crippen LogP contribution in [-0.4, -0.2) is 5.88 Å². The van der Waals surface area contributed by atoms with Crippen LogP contribution < -0.4 is 0 Å². The van der Waals surface area contributed by atoms with Crippen molar-refractivity contribution in [2.24, 2.45) is 17.8 Å². The van der Waals surface area contributed by atoms with Crippen LogP contribution in [0.4, 0.5) is 0 Å². The van der Waals surface area contributed by atoms with Crippen LogP contribution in [0, 0.1) is 17.8 Å². The predicted octanol–water partition coefficient (Wildman–Crippen LogP) is 4.00. The second kappa shape index (κ2) is 4.04. The average Bonchev–Trinajstić information content (AvgIpc) is 2.75. The van der Waals surface area contributed by atoms with Crippen LogP contribution >= 0.6 is 11.6 Å². The Balaban J connectivity index is 1.98. The fraction of sp³-hybridized carbons (Fsp3) is 0.833. The molecular formula is C12H19Cl. The summed E-state index contributed by atoms with van der Waals surface area (Å²) >= 11 is 5.88. The summed E-state index contributed by atoms with van der Waals surface area (Å²) < 4.78 is 0. The molecule has 74 valence electrons. The summed E-state index contributed by atoms with van der Waals surface area (Å²) in [6.07, 6.45) is 9.54. The van der Waals surface area contributed by atoms with E-state index in [2.05, 4.69) is 13.0 Å². The van der Waals surface area contributed by atoms with Gasteiger partial charge in [-0.25, -0.2) is 0 Å². The highest BCUT2D eigenvalue weighted by atomic mass is 35.5. The van der Waals surface area contributed by atoms with Gasteiger partial charge in [-0.1, -0.05) is 25.0 Å². The van der Waals surface area contributed by atoms with E-state index < -0.39 is 0 Å². The monoisotopic (exact) mass is 198 g/mol. The SMILES string of the molecule is CC/C(=C/C1CC2CCC1C2)CCl. The molecule has 0 N–H and O–H groups in total. The van der Waals surface area contributed by atoms with Crippen LogP contribution in [0.15, 0.2) is 11.6 Å². The minimum atomic E-state index is 0.740. The number of hydrogen-bond acceptors (Lipinski definition) is 0. The van der Waals surface area contributed by atoms with E-state index >= 15 is 0 Å². The molecule has 2 bridgehead atoms. The molecule has 0 aliphatic heterocycles. The topological polar surface area (TPSA) is 0 Å². The van der Waals surface area contributed by atoms with Crippen molar-refractivity contribution >= 4 is 11.6 Å². The highest BCUT2D eigenvalue weighted by molar-refractivity contribution is 6.19. The third-order valence-electron chi connectivity index (χ3n) is 3.87. The summed E-state index contributed by atoms with van der Waals surface area (Å²) in [4.78, 5) is 0. The first-order chi connectivity index (χ1) is 6.33. The lowest BCUT2D eigenvalue weighted by atomic mass is 9.87. The first-order valence-electron chi connectivity index (χ1n) is 5.59. The molecule has 0 saturated heterocycles. The lowest BCUT2D eigenvalue weighted by Crippen LogP contribution is -2.08. The number of rotatable bonds is 3. The Morgan fingerprint density at radius 3 is 2.69 bits per heavy atom. The molecule has 0 aromatic rings. The van der Waals surface area contributed by atoms with Gasteiger partial charge in [-0.3, -0.25) is 0 Å². The quantitative estimate of drug-likeness (QED) is 0.475. The lowest BCUT2D eigenvalue weighted by Gasteiger charge is -2.19. The first kappa shape index (κ1) is 9.58. The number of fused-ring (bicyclic) bond motifs is 2. The predicted molar refractivity (Wildman–Crippen MR) is 58.0 cm³/mol. The molecule has 2 aliphatic carbocycles. The summed E-state index contributed by atoms with van der Waals surface area (Å²) in [6.45, 7) is 2.21. The van der Waals surface area contributed by atoms with Crippen molar-refractivity contribution in [3.05, 3.63) is 11.6 Å². The summed E-state index contributed by atoms with van der Waals surface area (Å²) in [5.74, 6) is 3.69. The van der Waals surface area contributed by atoms with Crippen LogP contribution in [0.1, 0.15) is 39.0 Å². The van der Waals surface area contributed by atoms with Crippen molar-refractivity contribution in [3.8, 4) is 0 Å². The molecule has 1 heteroatoms. The standard InChI is InChI=1S/C12H19Cl/c1-2-9(8-13)5-12-7-10-3-4-11(12)6-10/h5,10-12H,2-4,6-8H2,1H3/b9-5-. The van der Waals surface area contributed by atoms with Gasteiger partial charge in [0.05, 0.1) is 0 Å². The third-order valence-corrected chi connectivity index (χ3v) is 4.21. The van der Waals surface area contributed by atoms with Gasteiger partial charge in [0.25, 0.3) is 0 Å². The zero-order valence-corrected chi connectivity index (χ0v) is 9.19. The van der Waals surface area contributed by atoms with Gasteiger partial charge in [-0.2, -0.15) is 0 Å². The maximum absolute atomic E-state index is 5.88. The van der Waals surface area contributed by atoms with E-state index in [-0.39, 0.29) is 0 Å². The van der Waals surface area contributed by atoms with Gasteiger partial charge < -0.3 is 0 Å². The van der Waals surface area contributed by atoms with Crippen molar-refractivity contribution < 1.29 is 0 Å². The number of allylic oxidation sites excluding steroid dienone is 2. The van der Waals surface area contributed by atoms with E-state index in [0.29, 0.717) is 0 Å². The molecule has 2 saturated carbocycles. The Kier molecular flexibility index (Phi) is 2.98. The molecule has 0 radical (unpaired) electrons. The smallest absolute Gasteiger partial charge is 0.0433 e. The Morgan fingerprint density at radius 1 is 1.38 bits per heavy atom. The maximum Gasteiger partial charge on any atom is 0.0433 e. The Bertz CT molecular complexity index is 201. The summed E-state index contributed by atoms with van der Waals surface area (Å²) in [6, 6.07) is 0. The third kappa shape index (κ3) is 1.93. The van der Waals surface area contributed by atoms with Crippen molar-refractivity contribution in [1.82, 2.24) is 0 Å². The molecule has 2 aliphatic rings. The average molecular weight is 199 g/mol. The van der Waals surface area contributed by atoms with Crippen LogP contribution in [0.5, 0.6) is 0 Å². The maximum atomic E-state index is 5.88. The van der Waals surface area contributed by atoms with Crippen molar-refractivity contribution in [2.45, 2.75) is 39.0 Å². The number of halogens is 1. The summed E-state index contributed by atoms with van der Waals surface area (Å²) in [7, 11) is 0. The van der Waals surface area contributed by atoms with Crippen LogP contribution in [0.25, 0.3) is 0 Å². The van der Waals surface area contributed by atoms with E-state index in [1.54, 1.807) is 0 Å². The summed E-state index contributed by atoms with van der Waals surface area (Å²) in [5.41, 5.74) is 1.46. The van der Waals surface area contributed by atoms with Gasteiger partial charge in [0.2, 0.25) is 0 Å². The molecule has 3 unspecified atom stereocenters. The molecule has 3 atom stereocenters. The molecular weight excluding hydrogens is 180 g/mol. The van der Waals surface area contributed by atoms with Crippen LogP contribution in [0.3, 0.4) is 0 Å². The van der Waals surface area contributed by atoms with E-state index in [4.69, 9.17) is 11.6 Å². The minimum absolute atomic E-state index is 0.740. The van der Waals surface area contributed by atoms with Gasteiger partial charge in [-0.05, 0) is 43.4 Å². The van der Waals surface area contributed by atoms with Crippen molar-refractivity contribution in [2.75, 3.05) is 5.88 Å². The van der Waals surface area contributed by atoms with Crippen LogP contribution in [0.2, 0.25) is 0 Å². The highest BCUT2D eigenvalue weighted by Gasteiger charge is 2.38. The normalized spacial score (nSPS) is 38.6. The fourth-order valence-corrected chi connectivity index (χ4v) is 3.34. The largest absolute Gasteiger partial charge is 0.122 e. The first-order valence-corrected chi connectivity index (χ1v) is 6.12. The zero-order chi connectivity index (χ0) is 9.26. The summed E-state index contributed by atoms with van der Waals surface area (Å²) in [5, 5.41) is 0. The Hall–Kier alpha value is 0.0300. The second-order valence-electron chi connectivity index (χ2n) is 4.65. The molecule has 0 spiro atoms. The fourth-order valence-electron chi connectivity index (χ4n) is 3.06. The molecule has 0 heterocycles. The Morgan fingerprint density at radius 2 is 2.23 bits per heavy atom. The molecule has 0 amide bonds. The highest BCUT2D eigenvalue weighted by Crippen LogP contribution is 2.49. The lowest BCUT2D eigenvalue weighted by molar-refractivity contribution is 0.393. The zero-order valence-electron chi connectivity index (χ0n) is 8.43.